The number of rotatable bonds is 7. The van der Waals surface area contributed by atoms with Gasteiger partial charge >= 0.3 is 5.97 Å². The Balaban J connectivity index is 1.55. The highest BCUT2D eigenvalue weighted by molar-refractivity contribution is 7.89. The molecule has 4 rings (SSSR count). The van der Waals surface area contributed by atoms with Gasteiger partial charge in [0.2, 0.25) is 16.1 Å². The van der Waals surface area contributed by atoms with E-state index in [1.165, 1.54) is 41.1 Å². The van der Waals surface area contributed by atoms with E-state index in [1.54, 1.807) is 36.4 Å². The minimum atomic E-state index is -3.74. The molecule has 0 bridgehead atoms. The Morgan fingerprint density at radius 2 is 1.76 bits per heavy atom. The maximum absolute atomic E-state index is 13.1. The fourth-order valence-electron chi connectivity index (χ4n) is 3.33. The highest BCUT2D eigenvalue weighted by Crippen LogP contribution is 2.24. The summed E-state index contributed by atoms with van der Waals surface area (Å²) in [7, 11) is -3.74. The van der Waals surface area contributed by atoms with Gasteiger partial charge in [0.05, 0.1) is 29.9 Å². The van der Waals surface area contributed by atoms with Crippen molar-refractivity contribution in [3.8, 4) is 0 Å². The van der Waals surface area contributed by atoms with Crippen molar-refractivity contribution in [2.45, 2.75) is 11.0 Å². The molecule has 1 N–H and O–H groups in total. The Kier molecular flexibility index (Phi) is 6.87. The van der Waals surface area contributed by atoms with Gasteiger partial charge in [0.25, 0.3) is 5.91 Å². The van der Waals surface area contributed by atoms with Crippen LogP contribution in [0.25, 0.3) is 0 Å². The molecule has 9 nitrogen and oxygen atoms in total. The molecular weight excluding hydrogens is 448 g/mol. The first-order valence-electron chi connectivity index (χ1n) is 10.2. The van der Waals surface area contributed by atoms with Crippen molar-refractivity contribution < 1.29 is 31.9 Å². The summed E-state index contributed by atoms with van der Waals surface area (Å²) < 4.78 is 42.8. The number of benzene rings is 2. The molecule has 2 aromatic carbocycles. The second kappa shape index (κ2) is 9.99. The Labute approximate surface area is 191 Å². The molecule has 3 aromatic rings. The SMILES string of the molecule is O=C(O[C@H](C(=O)Nc1cccc(S(=O)(=O)N2CCOCC2)c1)c1ccccc1)c1ccoc1. The number of nitrogens with zero attached hydrogens (tertiary/aromatic N) is 1. The smallest absolute Gasteiger partial charge is 0.342 e. The number of nitrogens with one attached hydrogen (secondary N) is 1. The number of hydrogen-bond acceptors (Lipinski definition) is 7. The average molecular weight is 471 g/mol. The predicted octanol–water partition coefficient (Wildman–Crippen LogP) is 2.84. The standard InChI is InChI=1S/C23H22N2O7S/c26-22(21(17-5-2-1-3-6-17)32-23(27)18-9-12-31-16-18)24-19-7-4-8-20(15-19)33(28,29)25-10-13-30-14-11-25/h1-9,12,15-16,21H,10-11,13-14H2,(H,24,26)/t21-/m0/s1. The minimum Gasteiger partial charge on any atom is -0.472 e. The van der Waals surface area contributed by atoms with Gasteiger partial charge in [-0.05, 0) is 24.3 Å². The summed E-state index contributed by atoms with van der Waals surface area (Å²) in [6, 6.07) is 15.9. The van der Waals surface area contributed by atoms with Crippen LogP contribution in [-0.4, -0.2) is 50.9 Å². The van der Waals surface area contributed by atoms with Crippen LogP contribution in [0.2, 0.25) is 0 Å². The van der Waals surface area contributed by atoms with E-state index in [2.05, 4.69) is 5.32 Å². The zero-order chi connectivity index (χ0) is 23.3. The van der Waals surface area contributed by atoms with Gasteiger partial charge in [-0.3, -0.25) is 4.79 Å². The van der Waals surface area contributed by atoms with E-state index in [4.69, 9.17) is 13.9 Å². The van der Waals surface area contributed by atoms with Gasteiger partial charge < -0.3 is 19.2 Å². The molecule has 172 valence electrons. The fraction of sp³-hybridized carbons (Fsp3) is 0.217. The molecule has 0 aliphatic carbocycles. The Morgan fingerprint density at radius 3 is 2.45 bits per heavy atom. The number of amides is 1. The van der Waals surface area contributed by atoms with Gasteiger partial charge in [0, 0.05) is 24.3 Å². The highest BCUT2D eigenvalue weighted by atomic mass is 32.2. The van der Waals surface area contributed by atoms with Gasteiger partial charge in [-0.2, -0.15) is 4.31 Å². The zero-order valence-electron chi connectivity index (χ0n) is 17.5. The fourth-order valence-corrected chi connectivity index (χ4v) is 4.79. The normalized spacial score (nSPS) is 15.5. The van der Waals surface area contributed by atoms with Crippen LogP contribution >= 0.6 is 0 Å². The lowest BCUT2D eigenvalue weighted by molar-refractivity contribution is -0.125. The van der Waals surface area contributed by atoms with Gasteiger partial charge in [-0.25, -0.2) is 13.2 Å². The molecule has 0 radical (unpaired) electrons. The molecule has 1 amide bonds. The maximum Gasteiger partial charge on any atom is 0.342 e. The van der Waals surface area contributed by atoms with Gasteiger partial charge in [-0.15, -0.1) is 0 Å². The Bertz CT molecular complexity index is 1200. The quantitative estimate of drug-likeness (QED) is 0.528. The molecule has 10 heteroatoms. The number of ether oxygens (including phenoxy) is 2. The van der Waals surface area contributed by atoms with Gasteiger partial charge in [-0.1, -0.05) is 36.4 Å². The third-order valence-electron chi connectivity index (χ3n) is 5.03. The van der Waals surface area contributed by atoms with Crippen LogP contribution in [0.4, 0.5) is 5.69 Å². The summed E-state index contributed by atoms with van der Waals surface area (Å²) in [5.41, 5.74) is 0.890. The van der Waals surface area contributed by atoms with Crippen LogP contribution in [0.15, 0.2) is 82.5 Å². The second-order valence-electron chi connectivity index (χ2n) is 7.24. The number of esters is 1. The van der Waals surface area contributed by atoms with Crippen LogP contribution in [0.5, 0.6) is 0 Å². The zero-order valence-corrected chi connectivity index (χ0v) is 18.4. The topological polar surface area (TPSA) is 115 Å². The van der Waals surface area contributed by atoms with Crippen molar-refractivity contribution in [3.63, 3.8) is 0 Å². The van der Waals surface area contributed by atoms with Crippen molar-refractivity contribution in [2.75, 3.05) is 31.6 Å². The molecule has 1 aliphatic heterocycles. The summed E-state index contributed by atoms with van der Waals surface area (Å²) in [5, 5.41) is 2.66. The van der Waals surface area contributed by atoms with Crippen LogP contribution in [0.3, 0.4) is 0 Å². The molecule has 1 saturated heterocycles. The van der Waals surface area contributed by atoms with Gasteiger partial charge in [0.1, 0.15) is 6.26 Å². The van der Waals surface area contributed by atoms with E-state index >= 15 is 0 Å². The summed E-state index contributed by atoms with van der Waals surface area (Å²) in [4.78, 5) is 25.6. The van der Waals surface area contributed by atoms with E-state index in [0.717, 1.165) is 0 Å². The van der Waals surface area contributed by atoms with Crippen LogP contribution in [0.1, 0.15) is 22.0 Å². The molecule has 1 fully saturated rings. The van der Waals surface area contributed by atoms with E-state index in [9.17, 15) is 18.0 Å². The van der Waals surface area contributed by atoms with Crippen LogP contribution < -0.4 is 5.32 Å². The van der Waals surface area contributed by atoms with E-state index < -0.39 is 28.0 Å². The molecule has 1 aromatic heterocycles. The third-order valence-corrected chi connectivity index (χ3v) is 6.93. The maximum atomic E-state index is 13.1. The number of carbonyl (C=O) groups excluding carboxylic acids is 2. The van der Waals surface area contributed by atoms with Gasteiger partial charge in [0.15, 0.2) is 0 Å². The monoisotopic (exact) mass is 470 g/mol. The summed E-state index contributed by atoms with van der Waals surface area (Å²) >= 11 is 0. The largest absolute Gasteiger partial charge is 0.472 e. The average Bonchev–Trinajstić information content (AvgIpc) is 3.39. The number of sulfonamides is 1. The molecule has 33 heavy (non-hydrogen) atoms. The van der Waals surface area contributed by atoms with Crippen molar-refractivity contribution in [1.29, 1.82) is 0 Å². The molecule has 1 atom stereocenters. The number of anilines is 1. The first-order valence-corrected chi connectivity index (χ1v) is 11.7. The first kappa shape index (κ1) is 22.7. The first-order chi connectivity index (χ1) is 15.9. The Hall–Kier alpha value is -3.47. The molecule has 0 spiro atoms. The van der Waals surface area contributed by atoms with Crippen molar-refractivity contribution in [2.24, 2.45) is 0 Å². The molecule has 0 saturated carbocycles. The second-order valence-corrected chi connectivity index (χ2v) is 9.18. The lowest BCUT2D eigenvalue weighted by atomic mass is 10.1. The molecule has 2 heterocycles. The van der Waals surface area contributed by atoms with Crippen LogP contribution in [0, 0.1) is 0 Å². The van der Waals surface area contributed by atoms with E-state index in [1.807, 2.05) is 0 Å². The van der Waals surface area contributed by atoms with Crippen molar-refractivity contribution >= 4 is 27.6 Å². The highest BCUT2D eigenvalue weighted by Gasteiger charge is 2.28. The number of furan rings is 1. The number of hydrogen-bond donors (Lipinski definition) is 1. The predicted molar refractivity (Wildman–Crippen MR) is 118 cm³/mol. The Morgan fingerprint density at radius 1 is 1.00 bits per heavy atom. The van der Waals surface area contributed by atoms with E-state index in [0.29, 0.717) is 18.8 Å². The summed E-state index contributed by atoms with van der Waals surface area (Å²) in [5.74, 6) is -1.35. The summed E-state index contributed by atoms with van der Waals surface area (Å²) in [6.45, 7) is 1.19. The minimum absolute atomic E-state index is 0.0499. The lowest BCUT2D eigenvalue weighted by Gasteiger charge is -2.26. The van der Waals surface area contributed by atoms with Crippen molar-refractivity contribution in [3.05, 3.63) is 84.3 Å². The summed E-state index contributed by atoms with van der Waals surface area (Å²) in [6.07, 6.45) is 1.30. The van der Waals surface area contributed by atoms with Crippen molar-refractivity contribution in [1.82, 2.24) is 4.31 Å². The molecule has 1 aliphatic rings. The lowest BCUT2D eigenvalue weighted by Crippen LogP contribution is -2.40. The number of carbonyl (C=O) groups is 2. The molecule has 0 unspecified atom stereocenters. The number of morpholine rings is 1. The van der Waals surface area contributed by atoms with E-state index in [-0.39, 0.29) is 29.2 Å². The third kappa shape index (κ3) is 5.30. The molecular formula is C23H22N2O7S. The van der Waals surface area contributed by atoms with Crippen LogP contribution in [-0.2, 0) is 24.3 Å².